The maximum absolute atomic E-state index is 12.1. The van der Waals surface area contributed by atoms with Crippen LogP contribution < -0.4 is 5.32 Å². The molecule has 4 nitrogen and oxygen atoms in total. The molecule has 0 saturated carbocycles. The first-order valence-electron chi connectivity index (χ1n) is 7.30. The van der Waals surface area contributed by atoms with Gasteiger partial charge < -0.3 is 5.32 Å². The van der Waals surface area contributed by atoms with Crippen molar-refractivity contribution in [2.24, 2.45) is 0 Å². The summed E-state index contributed by atoms with van der Waals surface area (Å²) in [5, 5.41) is 3.71. The molecule has 0 bridgehead atoms. The Balaban J connectivity index is 1.63. The van der Waals surface area contributed by atoms with Gasteiger partial charge in [0, 0.05) is 23.8 Å². The van der Waals surface area contributed by atoms with Gasteiger partial charge in [0.25, 0.3) is 0 Å². The van der Waals surface area contributed by atoms with Crippen molar-refractivity contribution in [1.29, 1.82) is 0 Å². The fourth-order valence-electron chi connectivity index (χ4n) is 2.23. The molecule has 0 saturated heterocycles. The van der Waals surface area contributed by atoms with Gasteiger partial charge in [0.15, 0.2) is 5.16 Å². The van der Waals surface area contributed by atoms with Gasteiger partial charge in [-0.3, -0.25) is 9.36 Å². The van der Waals surface area contributed by atoms with Crippen LogP contribution in [0.1, 0.15) is 5.56 Å². The van der Waals surface area contributed by atoms with E-state index in [0.29, 0.717) is 5.75 Å². The van der Waals surface area contributed by atoms with Gasteiger partial charge in [0.05, 0.1) is 5.75 Å². The largest absolute Gasteiger partial charge is 0.325 e. The van der Waals surface area contributed by atoms with Crippen molar-refractivity contribution in [3.63, 3.8) is 0 Å². The third-order valence-corrected chi connectivity index (χ3v) is 4.24. The summed E-state index contributed by atoms with van der Waals surface area (Å²) in [6.45, 7) is 2.00. The van der Waals surface area contributed by atoms with Gasteiger partial charge in [-0.05, 0) is 36.8 Å². The van der Waals surface area contributed by atoms with Crippen molar-refractivity contribution in [1.82, 2.24) is 9.55 Å². The number of nitrogens with one attached hydrogen (secondary N) is 1. The van der Waals surface area contributed by atoms with Gasteiger partial charge in [-0.2, -0.15) is 0 Å². The predicted molar refractivity (Wildman–Crippen MR) is 94.1 cm³/mol. The lowest BCUT2D eigenvalue weighted by Gasteiger charge is -2.08. The van der Waals surface area contributed by atoms with E-state index < -0.39 is 0 Å². The third kappa shape index (κ3) is 4.02. The summed E-state index contributed by atoms with van der Waals surface area (Å²) in [4.78, 5) is 16.4. The molecule has 1 amide bonds. The van der Waals surface area contributed by atoms with Crippen molar-refractivity contribution >= 4 is 23.4 Å². The zero-order chi connectivity index (χ0) is 16.1. The minimum Gasteiger partial charge on any atom is -0.325 e. The van der Waals surface area contributed by atoms with Crippen LogP contribution in [-0.4, -0.2) is 21.2 Å². The van der Waals surface area contributed by atoms with Crippen LogP contribution in [0.25, 0.3) is 5.69 Å². The lowest BCUT2D eigenvalue weighted by atomic mass is 10.2. The first kappa shape index (κ1) is 15.4. The highest BCUT2D eigenvalue weighted by molar-refractivity contribution is 7.99. The Bertz CT molecular complexity index is 799. The van der Waals surface area contributed by atoms with E-state index in [1.165, 1.54) is 11.8 Å². The number of nitrogens with zero attached hydrogens (tertiary/aromatic N) is 2. The number of carbonyl (C=O) groups excluding carboxylic acids is 1. The minimum absolute atomic E-state index is 0.0387. The predicted octanol–water partition coefficient (Wildman–Crippen LogP) is 3.91. The fourth-order valence-corrected chi connectivity index (χ4v) is 3.00. The van der Waals surface area contributed by atoms with Gasteiger partial charge in [0.1, 0.15) is 0 Å². The molecule has 1 N–H and O–H groups in total. The zero-order valence-corrected chi connectivity index (χ0v) is 13.6. The fraction of sp³-hybridized carbons (Fsp3) is 0.111. The second-order valence-electron chi connectivity index (χ2n) is 5.12. The van der Waals surface area contributed by atoms with Crippen molar-refractivity contribution in [2.75, 3.05) is 11.1 Å². The average Bonchev–Trinajstić information content (AvgIpc) is 3.02. The zero-order valence-electron chi connectivity index (χ0n) is 12.8. The molecule has 1 aromatic heterocycles. The molecule has 1 heterocycles. The highest BCUT2D eigenvalue weighted by Gasteiger charge is 2.09. The van der Waals surface area contributed by atoms with Gasteiger partial charge in [-0.25, -0.2) is 4.98 Å². The molecule has 0 aliphatic carbocycles. The molecule has 2 aromatic carbocycles. The maximum atomic E-state index is 12.1. The summed E-state index contributed by atoms with van der Waals surface area (Å²) in [6.07, 6.45) is 3.64. The Kier molecular flexibility index (Phi) is 4.78. The van der Waals surface area contributed by atoms with Crippen LogP contribution >= 0.6 is 11.8 Å². The lowest BCUT2D eigenvalue weighted by molar-refractivity contribution is -0.113. The molecule has 5 heteroatoms. The molecule has 0 spiro atoms. The summed E-state index contributed by atoms with van der Waals surface area (Å²) in [6, 6.07) is 17.7. The third-order valence-electron chi connectivity index (χ3n) is 3.28. The Hall–Kier alpha value is -2.53. The number of rotatable bonds is 5. The summed E-state index contributed by atoms with van der Waals surface area (Å²) in [5.74, 6) is 0.279. The second-order valence-corrected chi connectivity index (χ2v) is 6.06. The summed E-state index contributed by atoms with van der Waals surface area (Å²) in [7, 11) is 0. The SMILES string of the molecule is Cc1cccc(NC(=O)CSc2nccn2-c2ccccc2)c1. The number of anilines is 1. The average molecular weight is 323 g/mol. The molecular weight excluding hydrogens is 306 g/mol. The van der Waals surface area contributed by atoms with Crippen LogP contribution in [-0.2, 0) is 4.79 Å². The van der Waals surface area contributed by atoms with E-state index in [4.69, 9.17) is 0 Å². The Morgan fingerprint density at radius 1 is 1.17 bits per heavy atom. The van der Waals surface area contributed by atoms with Crippen LogP contribution in [0.3, 0.4) is 0 Å². The first-order valence-corrected chi connectivity index (χ1v) is 8.29. The number of carbonyl (C=O) groups is 1. The van der Waals surface area contributed by atoms with Crippen LogP contribution in [0, 0.1) is 6.92 Å². The van der Waals surface area contributed by atoms with Crippen LogP contribution in [0.4, 0.5) is 5.69 Å². The van der Waals surface area contributed by atoms with E-state index in [-0.39, 0.29) is 5.91 Å². The van der Waals surface area contributed by atoms with Gasteiger partial charge in [-0.15, -0.1) is 0 Å². The molecular formula is C18H17N3OS. The summed E-state index contributed by atoms with van der Waals surface area (Å²) >= 11 is 1.42. The van der Waals surface area contributed by atoms with E-state index in [1.54, 1.807) is 6.20 Å². The molecule has 0 atom stereocenters. The van der Waals surface area contributed by atoms with Crippen LogP contribution in [0.15, 0.2) is 72.1 Å². The Morgan fingerprint density at radius 3 is 2.78 bits per heavy atom. The molecule has 0 unspecified atom stereocenters. The van der Waals surface area contributed by atoms with Crippen LogP contribution in [0.5, 0.6) is 0 Å². The number of aryl methyl sites for hydroxylation is 1. The summed E-state index contributed by atoms with van der Waals surface area (Å²) in [5.41, 5.74) is 2.98. The molecule has 0 radical (unpaired) electrons. The topological polar surface area (TPSA) is 46.9 Å². The maximum Gasteiger partial charge on any atom is 0.234 e. The molecule has 116 valence electrons. The van der Waals surface area contributed by atoms with Crippen molar-refractivity contribution < 1.29 is 4.79 Å². The highest BCUT2D eigenvalue weighted by Crippen LogP contribution is 2.20. The van der Waals surface area contributed by atoms with E-state index >= 15 is 0 Å². The number of hydrogen-bond acceptors (Lipinski definition) is 3. The quantitative estimate of drug-likeness (QED) is 0.724. The first-order chi connectivity index (χ1) is 11.2. The molecule has 0 aliphatic heterocycles. The summed E-state index contributed by atoms with van der Waals surface area (Å²) < 4.78 is 1.98. The van der Waals surface area contributed by atoms with Crippen molar-refractivity contribution in [3.8, 4) is 5.69 Å². The van der Waals surface area contributed by atoms with Gasteiger partial charge in [0.2, 0.25) is 5.91 Å². The number of imidazole rings is 1. The number of para-hydroxylation sites is 1. The normalized spacial score (nSPS) is 10.5. The van der Waals surface area contributed by atoms with Crippen LogP contribution in [0.2, 0.25) is 0 Å². The smallest absolute Gasteiger partial charge is 0.234 e. The van der Waals surface area contributed by atoms with Crippen molar-refractivity contribution in [3.05, 3.63) is 72.6 Å². The Morgan fingerprint density at radius 2 is 2.00 bits per heavy atom. The molecule has 0 fully saturated rings. The number of thioether (sulfide) groups is 1. The van der Waals surface area contributed by atoms with E-state index in [2.05, 4.69) is 10.3 Å². The number of aromatic nitrogens is 2. The highest BCUT2D eigenvalue weighted by atomic mass is 32.2. The van der Waals surface area contributed by atoms with Gasteiger partial charge in [-0.1, -0.05) is 42.1 Å². The lowest BCUT2D eigenvalue weighted by Crippen LogP contribution is -2.14. The van der Waals surface area contributed by atoms with Crippen molar-refractivity contribution in [2.45, 2.75) is 12.1 Å². The number of hydrogen-bond donors (Lipinski definition) is 1. The second kappa shape index (κ2) is 7.15. The van der Waals surface area contributed by atoms with E-state index in [0.717, 1.165) is 22.1 Å². The molecule has 23 heavy (non-hydrogen) atoms. The standard InChI is InChI=1S/C18H17N3OS/c1-14-6-5-7-15(12-14)20-17(22)13-23-18-19-10-11-21(18)16-8-3-2-4-9-16/h2-12H,13H2,1H3,(H,20,22). The molecule has 0 aliphatic rings. The molecule has 3 rings (SSSR count). The van der Waals surface area contributed by atoms with E-state index in [1.807, 2.05) is 72.3 Å². The van der Waals surface area contributed by atoms with Gasteiger partial charge >= 0.3 is 0 Å². The van der Waals surface area contributed by atoms with E-state index in [9.17, 15) is 4.79 Å². The number of benzene rings is 2. The number of amides is 1. The minimum atomic E-state index is -0.0387. The molecule has 3 aromatic rings. The Labute approximate surface area is 139 Å². The monoisotopic (exact) mass is 323 g/mol.